The Balaban J connectivity index is 2.86. The van der Waals surface area contributed by atoms with Crippen LogP contribution < -0.4 is 4.74 Å². The number of aryl methyl sites for hydroxylation is 1. The molecule has 18 heavy (non-hydrogen) atoms. The topological polar surface area (TPSA) is 29.5 Å². The molecule has 0 heterocycles. The van der Waals surface area contributed by atoms with Crippen LogP contribution in [0.5, 0.6) is 5.75 Å². The number of hydrogen-bond acceptors (Lipinski definition) is 2. The molecule has 0 amide bonds. The molecular formula is C13H17F3O2. The monoisotopic (exact) mass is 262 g/mol. The summed E-state index contributed by atoms with van der Waals surface area (Å²) in [6, 6.07) is 4.20. The summed E-state index contributed by atoms with van der Waals surface area (Å²) < 4.78 is 42.6. The van der Waals surface area contributed by atoms with E-state index in [1.807, 2.05) is 13.8 Å². The first kappa shape index (κ1) is 14.8. The first-order chi connectivity index (χ1) is 8.21. The van der Waals surface area contributed by atoms with Crippen molar-refractivity contribution in [2.75, 3.05) is 6.61 Å². The molecule has 0 aliphatic carbocycles. The molecule has 0 aliphatic heterocycles. The number of ether oxygens (including phenoxy) is 1. The summed E-state index contributed by atoms with van der Waals surface area (Å²) in [6.45, 7) is 5.98. The predicted octanol–water partition coefficient (Wildman–Crippen LogP) is 3.63. The third-order valence-corrected chi connectivity index (χ3v) is 2.43. The molecule has 0 fully saturated rings. The number of alkyl halides is 3. The third kappa shape index (κ3) is 3.91. The van der Waals surface area contributed by atoms with Crippen molar-refractivity contribution < 1.29 is 23.0 Å². The highest BCUT2D eigenvalue weighted by Gasteiger charge is 2.40. The van der Waals surface area contributed by atoms with Gasteiger partial charge in [-0.2, -0.15) is 13.2 Å². The SMILES string of the molecule is Cc1cc(OCC(C)C)ccc1C(O)C(F)(F)F. The number of halogens is 3. The van der Waals surface area contributed by atoms with Gasteiger partial charge in [0.2, 0.25) is 0 Å². The minimum Gasteiger partial charge on any atom is -0.493 e. The number of aliphatic hydroxyl groups is 1. The summed E-state index contributed by atoms with van der Waals surface area (Å²) in [5, 5.41) is 9.18. The smallest absolute Gasteiger partial charge is 0.418 e. The predicted molar refractivity (Wildman–Crippen MR) is 62.5 cm³/mol. The second-order valence-electron chi connectivity index (χ2n) is 4.67. The highest BCUT2D eigenvalue weighted by molar-refractivity contribution is 5.36. The molecule has 1 aromatic carbocycles. The van der Waals surface area contributed by atoms with E-state index in [1.165, 1.54) is 25.1 Å². The third-order valence-electron chi connectivity index (χ3n) is 2.43. The van der Waals surface area contributed by atoms with E-state index in [-0.39, 0.29) is 5.56 Å². The Morgan fingerprint density at radius 2 is 1.89 bits per heavy atom. The Labute approximate surface area is 104 Å². The molecule has 2 nitrogen and oxygen atoms in total. The summed E-state index contributed by atoms with van der Waals surface area (Å²) in [5.41, 5.74) is 0.223. The molecule has 1 unspecified atom stereocenters. The lowest BCUT2D eigenvalue weighted by Crippen LogP contribution is -2.21. The first-order valence-corrected chi connectivity index (χ1v) is 5.70. The summed E-state index contributed by atoms with van der Waals surface area (Å²) in [5.74, 6) is 0.852. The van der Waals surface area contributed by atoms with Crippen molar-refractivity contribution in [1.29, 1.82) is 0 Å². The maximum Gasteiger partial charge on any atom is 0.418 e. The van der Waals surface area contributed by atoms with Crippen molar-refractivity contribution in [2.45, 2.75) is 33.1 Å². The average molecular weight is 262 g/mol. The average Bonchev–Trinajstić information content (AvgIpc) is 2.24. The lowest BCUT2D eigenvalue weighted by molar-refractivity contribution is -0.206. The van der Waals surface area contributed by atoms with Gasteiger partial charge in [-0.05, 0) is 36.1 Å². The molecule has 1 atom stereocenters. The van der Waals surface area contributed by atoms with Crippen LogP contribution in [-0.2, 0) is 0 Å². The maximum absolute atomic E-state index is 12.4. The van der Waals surface area contributed by atoms with Gasteiger partial charge in [-0.1, -0.05) is 19.9 Å². The lowest BCUT2D eigenvalue weighted by Gasteiger charge is -2.18. The van der Waals surface area contributed by atoms with Crippen LogP contribution in [0.1, 0.15) is 31.1 Å². The Morgan fingerprint density at radius 1 is 1.28 bits per heavy atom. The van der Waals surface area contributed by atoms with Gasteiger partial charge >= 0.3 is 6.18 Å². The molecule has 1 N–H and O–H groups in total. The molecule has 0 spiro atoms. The van der Waals surface area contributed by atoms with Crippen LogP contribution in [0.3, 0.4) is 0 Å². The molecule has 5 heteroatoms. The van der Waals surface area contributed by atoms with E-state index in [9.17, 15) is 18.3 Å². The van der Waals surface area contributed by atoms with Gasteiger partial charge in [0.25, 0.3) is 0 Å². The Bertz CT molecular complexity index is 400. The van der Waals surface area contributed by atoms with Crippen LogP contribution in [0, 0.1) is 12.8 Å². The van der Waals surface area contributed by atoms with E-state index >= 15 is 0 Å². The van der Waals surface area contributed by atoms with Crippen molar-refractivity contribution in [3.05, 3.63) is 29.3 Å². The lowest BCUT2D eigenvalue weighted by atomic mass is 10.0. The number of aliphatic hydroxyl groups excluding tert-OH is 1. The zero-order valence-electron chi connectivity index (χ0n) is 10.6. The van der Waals surface area contributed by atoms with Crippen molar-refractivity contribution in [3.63, 3.8) is 0 Å². The zero-order valence-corrected chi connectivity index (χ0v) is 10.6. The molecule has 0 bridgehead atoms. The van der Waals surface area contributed by atoms with Gasteiger partial charge in [0.05, 0.1) is 6.61 Å². The summed E-state index contributed by atoms with van der Waals surface area (Å²) in [6.07, 6.45) is -7.10. The van der Waals surface area contributed by atoms with Crippen molar-refractivity contribution in [1.82, 2.24) is 0 Å². The van der Waals surface area contributed by atoms with Gasteiger partial charge in [-0.25, -0.2) is 0 Å². The van der Waals surface area contributed by atoms with Crippen LogP contribution in [0.2, 0.25) is 0 Å². The molecule has 0 aliphatic rings. The minimum absolute atomic E-state index is 0.139. The second-order valence-corrected chi connectivity index (χ2v) is 4.67. The molecule has 0 saturated heterocycles. The van der Waals surface area contributed by atoms with E-state index in [4.69, 9.17) is 4.74 Å². The van der Waals surface area contributed by atoms with E-state index in [0.29, 0.717) is 23.8 Å². The van der Waals surface area contributed by atoms with Crippen molar-refractivity contribution in [2.24, 2.45) is 5.92 Å². The molecular weight excluding hydrogens is 245 g/mol. The fourth-order valence-corrected chi connectivity index (χ4v) is 1.48. The maximum atomic E-state index is 12.4. The van der Waals surface area contributed by atoms with E-state index in [2.05, 4.69) is 0 Å². The number of benzene rings is 1. The van der Waals surface area contributed by atoms with E-state index in [0.717, 1.165) is 0 Å². The molecule has 102 valence electrons. The molecule has 0 aromatic heterocycles. The van der Waals surface area contributed by atoms with Gasteiger partial charge < -0.3 is 9.84 Å². The zero-order chi connectivity index (χ0) is 13.9. The van der Waals surface area contributed by atoms with Crippen LogP contribution in [0.15, 0.2) is 18.2 Å². The fourth-order valence-electron chi connectivity index (χ4n) is 1.48. The van der Waals surface area contributed by atoms with Crippen LogP contribution in [0.4, 0.5) is 13.2 Å². The number of hydrogen-bond donors (Lipinski definition) is 1. The van der Waals surface area contributed by atoms with Gasteiger partial charge in [0, 0.05) is 0 Å². The van der Waals surface area contributed by atoms with Gasteiger partial charge in [0.15, 0.2) is 6.10 Å². The van der Waals surface area contributed by atoms with Gasteiger partial charge in [-0.15, -0.1) is 0 Å². The highest BCUT2D eigenvalue weighted by Crippen LogP contribution is 2.35. The van der Waals surface area contributed by atoms with Crippen LogP contribution in [0.25, 0.3) is 0 Å². The normalized spacial score (nSPS) is 13.8. The summed E-state index contributed by atoms with van der Waals surface area (Å²) in [7, 11) is 0. The second kappa shape index (κ2) is 5.61. The first-order valence-electron chi connectivity index (χ1n) is 5.70. The largest absolute Gasteiger partial charge is 0.493 e. The van der Waals surface area contributed by atoms with Gasteiger partial charge in [-0.3, -0.25) is 0 Å². The fraction of sp³-hybridized carbons (Fsp3) is 0.538. The quantitative estimate of drug-likeness (QED) is 0.898. The molecule has 0 saturated carbocycles. The van der Waals surface area contributed by atoms with Crippen molar-refractivity contribution in [3.8, 4) is 5.75 Å². The summed E-state index contributed by atoms with van der Waals surface area (Å²) in [4.78, 5) is 0. The Morgan fingerprint density at radius 3 is 2.33 bits per heavy atom. The highest BCUT2D eigenvalue weighted by atomic mass is 19.4. The van der Waals surface area contributed by atoms with E-state index in [1.54, 1.807) is 0 Å². The Hall–Kier alpha value is -1.23. The number of rotatable bonds is 4. The van der Waals surface area contributed by atoms with Gasteiger partial charge in [0.1, 0.15) is 5.75 Å². The molecule has 0 radical (unpaired) electrons. The van der Waals surface area contributed by atoms with Crippen LogP contribution >= 0.6 is 0 Å². The molecule has 1 rings (SSSR count). The molecule has 1 aromatic rings. The van der Waals surface area contributed by atoms with Crippen LogP contribution in [-0.4, -0.2) is 17.9 Å². The summed E-state index contributed by atoms with van der Waals surface area (Å²) >= 11 is 0. The standard InChI is InChI=1S/C13H17F3O2/c1-8(2)7-18-10-4-5-11(9(3)6-10)12(17)13(14,15)16/h4-6,8,12,17H,7H2,1-3H3. The minimum atomic E-state index is -4.65. The van der Waals surface area contributed by atoms with E-state index < -0.39 is 12.3 Å². The van der Waals surface area contributed by atoms with Crippen molar-refractivity contribution >= 4 is 0 Å². The Kier molecular flexibility index (Phi) is 4.62.